The maximum atomic E-state index is 12.2. The summed E-state index contributed by atoms with van der Waals surface area (Å²) in [5.74, 6) is -0.238. The van der Waals surface area contributed by atoms with E-state index in [0.29, 0.717) is 12.1 Å². The van der Waals surface area contributed by atoms with E-state index >= 15 is 0 Å². The number of amides is 1. The minimum absolute atomic E-state index is 0.0467. The summed E-state index contributed by atoms with van der Waals surface area (Å²) >= 11 is 0. The predicted molar refractivity (Wildman–Crippen MR) is 77.2 cm³/mol. The third-order valence-corrected chi connectivity index (χ3v) is 3.42. The van der Waals surface area contributed by atoms with Crippen LogP contribution in [0, 0.1) is 10.1 Å². The van der Waals surface area contributed by atoms with E-state index in [2.05, 4.69) is 10.2 Å². The van der Waals surface area contributed by atoms with E-state index in [1.807, 2.05) is 6.92 Å². The van der Waals surface area contributed by atoms with Crippen molar-refractivity contribution >= 4 is 17.3 Å². The van der Waals surface area contributed by atoms with Crippen LogP contribution in [-0.2, 0) is 0 Å². The molecule has 1 aromatic carbocycles. The lowest BCUT2D eigenvalue weighted by Gasteiger charge is -2.20. The Hall–Kier alpha value is -2.11. The molecule has 1 fully saturated rings. The monoisotopic (exact) mass is 277 g/mol. The van der Waals surface area contributed by atoms with Crippen LogP contribution in [0.1, 0.15) is 36.5 Å². The Bertz CT molecular complexity index is 510. The molecule has 0 aromatic heterocycles. The Morgan fingerprint density at radius 1 is 1.40 bits per heavy atom. The number of hydrogen-bond acceptors (Lipinski definition) is 4. The lowest BCUT2D eigenvalue weighted by atomic mass is 10.1. The summed E-state index contributed by atoms with van der Waals surface area (Å²) < 4.78 is 0. The maximum Gasteiger partial charge on any atom is 0.270 e. The van der Waals surface area contributed by atoms with Gasteiger partial charge in [-0.1, -0.05) is 6.92 Å². The number of carbonyl (C=O) groups is 1. The van der Waals surface area contributed by atoms with Gasteiger partial charge < -0.3 is 10.2 Å². The average molecular weight is 277 g/mol. The van der Waals surface area contributed by atoms with Crippen molar-refractivity contribution in [3.05, 3.63) is 33.9 Å². The van der Waals surface area contributed by atoms with Gasteiger partial charge in [0.15, 0.2) is 0 Å². The van der Waals surface area contributed by atoms with Crippen molar-refractivity contribution in [2.75, 3.05) is 24.5 Å². The van der Waals surface area contributed by atoms with Crippen molar-refractivity contribution in [1.82, 2.24) is 5.32 Å². The molecular formula is C14H19N3O3. The van der Waals surface area contributed by atoms with Gasteiger partial charge in [-0.15, -0.1) is 0 Å². The summed E-state index contributed by atoms with van der Waals surface area (Å²) in [5, 5.41) is 13.7. The van der Waals surface area contributed by atoms with Crippen LogP contribution in [0.25, 0.3) is 0 Å². The van der Waals surface area contributed by atoms with Crippen LogP contribution in [0.15, 0.2) is 18.2 Å². The van der Waals surface area contributed by atoms with Crippen molar-refractivity contribution < 1.29 is 9.72 Å². The van der Waals surface area contributed by atoms with Crippen LogP contribution in [0.3, 0.4) is 0 Å². The third-order valence-electron chi connectivity index (χ3n) is 3.42. The highest BCUT2D eigenvalue weighted by Gasteiger charge is 2.22. The number of anilines is 1. The van der Waals surface area contributed by atoms with E-state index < -0.39 is 4.92 Å². The quantitative estimate of drug-likeness (QED) is 0.662. The maximum absolute atomic E-state index is 12.2. The second-order valence-corrected chi connectivity index (χ2v) is 4.91. The molecule has 108 valence electrons. The fourth-order valence-corrected chi connectivity index (χ4v) is 2.39. The van der Waals surface area contributed by atoms with Gasteiger partial charge in [0.25, 0.3) is 11.6 Å². The topological polar surface area (TPSA) is 75.5 Å². The molecule has 1 heterocycles. The van der Waals surface area contributed by atoms with E-state index in [0.717, 1.165) is 38.0 Å². The highest BCUT2D eigenvalue weighted by atomic mass is 16.6. The Kier molecular flexibility index (Phi) is 4.55. The van der Waals surface area contributed by atoms with Crippen LogP contribution in [0.5, 0.6) is 0 Å². The number of nitro groups is 1. The number of hydrogen-bond donors (Lipinski definition) is 1. The van der Waals surface area contributed by atoms with Crippen LogP contribution in [-0.4, -0.2) is 30.5 Å². The van der Waals surface area contributed by atoms with E-state index in [4.69, 9.17) is 0 Å². The van der Waals surface area contributed by atoms with Gasteiger partial charge in [0.2, 0.25) is 0 Å². The van der Waals surface area contributed by atoms with Gasteiger partial charge in [-0.25, -0.2) is 0 Å². The number of nitro benzene ring substituents is 1. The molecule has 2 rings (SSSR count). The normalized spacial score (nSPS) is 14.3. The van der Waals surface area contributed by atoms with E-state index in [1.54, 1.807) is 6.07 Å². The second-order valence-electron chi connectivity index (χ2n) is 4.91. The van der Waals surface area contributed by atoms with Gasteiger partial charge in [-0.2, -0.15) is 0 Å². The third kappa shape index (κ3) is 3.07. The standard InChI is InChI=1S/C14H19N3O3/c1-2-7-15-14(18)12-10-11(17(19)20)5-6-13(12)16-8-3-4-9-16/h5-6,10H,2-4,7-9H2,1H3,(H,15,18). The first-order chi connectivity index (χ1) is 9.63. The molecule has 0 saturated carbocycles. The van der Waals surface area contributed by atoms with E-state index in [9.17, 15) is 14.9 Å². The summed E-state index contributed by atoms with van der Waals surface area (Å²) in [4.78, 5) is 24.7. The molecule has 6 heteroatoms. The number of benzene rings is 1. The SMILES string of the molecule is CCCNC(=O)c1cc([N+](=O)[O-])ccc1N1CCCC1. The fourth-order valence-electron chi connectivity index (χ4n) is 2.39. The first-order valence-corrected chi connectivity index (χ1v) is 6.95. The van der Waals surface area contributed by atoms with Gasteiger partial charge in [0.05, 0.1) is 16.2 Å². The summed E-state index contributed by atoms with van der Waals surface area (Å²) in [6.45, 7) is 4.33. The van der Waals surface area contributed by atoms with Crippen molar-refractivity contribution in [3.8, 4) is 0 Å². The molecular weight excluding hydrogens is 258 g/mol. The highest BCUT2D eigenvalue weighted by molar-refractivity contribution is 6.00. The average Bonchev–Trinajstić information content (AvgIpc) is 2.98. The van der Waals surface area contributed by atoms with Crippen molar-refractivity contribution in [3.63, 3.8) is 0 Å². The van der Waals surface area contributed by atoms with Crippen LogP contribution < -0.4 is 10.2 Å². The molecule has 0 unspecified atom stereocenters. The molecule has 20 heavy (non-hydrogen) atoms. The Balaban J connectivity index is 2.34. The number of nitrogens with zero attached hydrogens (tertiary/aromatic N) is 2. The molecule has 1 aliphatic rings. The molecule has 1 saturated heterocycles. The zero-order valence-electron chi connectivity index (χ0n) is 11.6. The lowest BCUT2D eigenvalue weighted by molar-refractivity contribution is -0.384. The largest absolute Gasteiger partial charge is 0.371 e. The Morgan fingerprint density at radius 3 is 2.70 bits per heavy atom. The van der Waals surface area contributed by atoms with Crippen LogP contribution >= 0.6 is 0 Å². The van der Waals surface area contributed by atoms with Crippen molar-refractivity contribution in [2.24, 2.45) is 0 Å². The molecule has 0 spiro atoms. The number of carbonyl (C=O) groups excluding carboxylic acids is 1. The first kappa shape index (κ1) is 14.3. The summed E-state index contributed by atoms with van der Waals surface area (Å²) in [5.41, 5.74) is 1.14. The smallest absolute Gasteiger partial charge is 0.270 e. The van der Waals surface area contributed by atoms with Gasteiger partial charge in [0, 0.05) is 31.8 Å². The molecule has 1 aromatic rings. The molecule has 6 nitrogen and oxygen atoms in total. The van der Waals surface area contributed by atoms with Crippen LogP contribution in [0.4, 0.5) is 11.4 Å². The van der Waals surface area contributed by atoms with Crippen molar-refractivity contribution in [2.45, 2.75) is 26.2 Å². The molecule has 1 aliphatic heterocycles. The van der Waals surface area contributed by atoms with Gasteiger partial charge in [-0.05, 0) is 25.3 Å². The lowest BCUT2D eigenvalue weighted by Crippen LogP contribution is -2.28. The molecule has 1 amide bonds. The van der Waals surface area contributed by atoms with E-state index in [1.165, 1.54) is 12.1 Å². The van der Waals surface area contributed by atoms with Crippen LogP contribution in [0.2, 0.25) is 0 Å². The summed E-state index contributed by atoms with van der Waals surface area (Å²) in [7, 11) is 0. The van der Waals surface area contributed by atoms with Gasteiger partial charge >= 0.3 is 0 Å². The zero-order chi connectivity index (χ0) is 14.5. The van der Waals surface area contributed by atoms with Crippen molar-refractivity contribution in [1.29, 1.82) is 0 Å². The highest BCUT2D eigenvalue weighted by Crippen LogP contribution is 2.28. The molecule has 1 N–H and O–H groups in total. The van der Waals surface area contributed by atoms with E-state index in [-0.39, 0.29) is 11.6 Å². The zero-order valence-corrected chi connectivity index (χ0v) is 11.6. The summed E-state index contributed by atoms with van der Waals surface area (Å²) in [6.07, 6.45) is 3.01. The Morgan fingerprint density at radius 2 is 2.10 bits per heavy atom. The molecule has 0 aliphatic carbocycles. The van der Waals surface area contributed by atoms with Gasteiger partial charge in [-0.3, -0.25) is 14.9 Å². The predicted octanol–water partition coefficient (Wildman–Crippen LogP) is 2.33. The first-order valence-electron chi connectivity index (χ1n) is 6.95. The molecule has 0 bridgehead atoms. The molecule has 0 radical (unpaired) electrons. The number of nitrogens with one attached hydrogen (secondary N) is 1. The minimum Gasteiger partial charge on any atom is -0.371 e. The fraction of sp³-hybridized carbons (Fsp3) is 0.500. The minimum atomic E-state index is -0.468. The Labute approximate surface area is 117 Å². The summed E-state index contributed by atoms with van der Waals surface area (Å²) in [6, 6.07) is 4.52. The number of non-ortho nitro benzene ring substituents is 1. The number of rotatable bonds is 5. The van der Waals surface area contributed by atoms with Gasteiger partial charge in [0.1, 0.15) is 0 Å². The second kappa shape index (κ2) is 6.36. The molecule has 0 atom stereocenters.